The first-order chi connectivity index (χ1) is 10.2. The molecule has 2 fully saturated rings. The number of fused-ring (bicyclic) bond motifs is 1. The topological polar surface area (TPSA) is 53.1 Å². The molecule has 0 bridgehead atoms. The second-order valence-corrected chi connectivity index (χ2v) is 6.24. The molecule has 0 radical (unpaired) electrons. The largest absolute Gasteiger partial charge is 0.381 e. The maximum absolute atomic E-state index is 14.1. The van der Waals surface area contributed by atoms with E-state index in [2.05, 4.69) is 4.57 Å². The van der Waals surface area contributed by atoms with Crippen LogP contribution in [0.15, 0.2) is 18.2 Å². The first-order valence-electron chi connectivity index (χ1n) is 7.70. The minimum absolute atomic E-state index is 0.174. The van der Waals surface area contributed by atoms with Gasteiger partial charge in [-0.2, -0.15) is 0 Å². The summed E-state index contributed by atoms with van der Waals surface area (Å²) >= 11 is 0. The zero-order chi connectivity index (χ0) is 14.4. The number of aromatic nitrogens is 2. The summed E-state index contributed by atoms with van der Waals surface area (Å²) in [5, 5.41) is 0. The molecule has 0 amide bonds. The van der Waals surface area contributed by atoms with E-state index < -0.39 is 0 Å². The zero-order valence-corrected chi connectivity index (χ0v) is 12.0. The number of nitrogens with zero attached hydrogens (tertiary/aromatic N) is 2. The number of ether oxygens (including phenoxy) is 1. The van der Waals surface area contributed by atoms with Crippen molar-refractivity contribution in [3.63, 3.8) is 0 Å². The maximum Gasteiger partial charge on any atom is 0.151 e. The lowest BCUT2D eigenvalue weighted by atomic mass is 9.79. The number of benzene rings is 1. The summed E-state index contributed by atoms with van der Waals surface area (Å²) in [7, 11) is 0. The lowest BCUT2D eigenvalue weighted by Crippen LogP contribution is -2.42. The molecule has 2 aliphatic rings. The van der Waals surface area contributed by atoms with Gasteiger partial charge in [0.1, 0.15) is 11.3 Å². The molecule has 2 heterocycles. The van der Waals surface area contributed by atoms with E-state index in [4.69, 9.17) is 15.5 Å². The smallest absolute Gasteiger partial charge is 0.151 e. The molecular weight excluding hydrogens is 269 g/mol. The van der Waals surface area contributed by atoms with Gasteiger partial charge in [0, 0.05) is 31.2 Å². The van der Waals surface area contributed by atoms with Crippen LogP contribution in [0.1, 0.15) is 37.5 Å². The normalized spacial score (nSPS) is 21.8. The van der Waals surface area contributed by atoms with Crippen molar-refractivity contribution in [3.8, 4) is 0 Å². The zero-order valence-electron chi connectivity index (χ0n) is 12.0. The number of hydrogen-bond donors (Lipinski definition) is 1. The van der Waals surface area contributed by atoms with Crippen molar-refractivity contribution < 1.29 is 9.13 Å². The molecule has 1 saturated heterocycles. The number of imidazole rings is 1. The van der Waals surface area contributed by atoms with Gasteiger partial charge >= 0.3 is 0 Å². The summed E-state index contributed by atoms with van der Waals surface area (Å²) in [4.78, 5) is 4.69. The molecule has 21 heavy (non-hydrogen) atoms. The molecule has 112 valence electrons. The maximum atomic E-state index is 14.1. The van der Waals surface area contributed by atoms with E-state index in [0.717, 1.165) is 37.0 Å². The van der Waals surface area contributed by atoms with Gasteiger partial charge in [-0.3, -0.25) is 0 Å². The molecule has 0 unspecified atom stereocenters. The third-order valence-corrected chi connectivity index (χ3v) is 4.90. The Balaban J connectivity index is 1.94. The van der Waals surface area contributed by atoms with Gasteiger partial charge in [0.25, 0.3) is 0 Å². The summed E-state index contributed by atoms with van der Waals surface area (Å²) < 4.78 is 21.9. The average Bonchev–Trinajstić information content (AvgIpc) is 3.28. The summed E-state index contributed by atoms with van der Waals surface area (Å²) in [5.74, 6) is 0.725. The van der Waals surface area contributed by atoms with E-state index in [1.165, 1.54) is 6.07 Å². The summed E-state index contributed by atoms with van der Waals surface area (Å²) in [6, 6.07) is 5.67. The standard InChI is InChI=1S/C16H20FN3O/c17-12-2-1-3-13-14(12)19-15(20(13)11-4-5-11)16(10-18)6-8-21-9-7-16/h1-3,11H,4-10,18H2. The monoisotopic (exact) mass is 289 g/mol. The van der Waals surface area contributed by atoms with Crippen molar-refractivity contribution in [2.45, 2.75) is 37.1 Å². The molecule has 1 aliphatic carbocycles. The Hall–Kier alpha value is -1.46. The van der Waals surface area contributed by atoms with Gasteiger partial charge < -0.3 is 15.0 Å². The van der Waals surface area contributed by atoms with Crippen LogP contribution in [-0.4, -0.2) is 29.3 Å². The Bertz CT molecular complexity index is 671. The fourth-order valence-corrected chi connectivity index (χ4v) is 3.44. The van der Waals surface area contributed by atoms with Crippen LogP contribution >= 0.6 is 0 Å². The molecule has 1 aliphatic heterocycles. The lowest BCUT2D eigenvalue weighted by molar-refractivity contribution is 0.0488. The second-order valence-electron chi connectivity index (χ2n) is 6.24. The minimum Gasteiger partial charge on any atom is -0.381 e. The summed E-state index contributed by atoms with van der Waals surface area (Å²) in [6.45, 7) is 1.94. The second kappa shape index (κ2) is 4.78. The third-order valence-electron chi connectivity index (χ3n) is 4.90. The van der Waals surface area contributed by atoms with Gasteiger partial charge in [-0.25, -0.2) is 9.37 Å². The van der Waals surface area contributed by atoms with E-state index in [1.807, 2.05) is 6.07 Å². The van der Waals surface area contributed by atoms with Gasteiger partial charge in [-0.05, 0) is 37.8 Å². The van der Waals surface area contributed by atoms with Crippen LogP contribution in [-0.2, 0) is 10.2 Å². The number of halogens is 1. The minimum atomic E-state index is -0.243. The van der Waals surface area contributed by atoms with Crippen LogP contribution < -0.4 is 5.73 Å². The average molecular weight is 289 g/mol. The Morgan fingerprint density at radius 1 is 1.33 bits per heavy atom. The predicted molar refractivity (Wildman–Crippen MR) is 78.7 cm³/mol. The van der Waals surface area contributed by atoms with Gasteiger partial charge in [0.05, 0.1) is 5.52 Å². The van der Waals surface area contributed by atoms with Crippen LogP contribution in [0, 0.1) is 5.82 Å². The molecular formula is C16H20FN3O. The van der Waals surface area contributed by atoms with Crippen LogP contribution in [0.25, 0.3) is 11.0 Å². The molecule has 4 nitrogen and oxygen atoms in total. The first kappa shape index (κ1) is 13.2. The Labute approximate surface area is 123 Å². The molecule has 0 atom stereocenters. The van der Waals surface area contributed by atoms with Crippen LogP contribution in [0.4, 0.5) is 4.39 Å². The fourth-order valence-electron chi connectivity index (χ4n) is 3.44. The highest BCUT2D eigenvalue weighted by atomic mass is 19.1. The lowest BCUT2D eigenvalue weighted by Gasteiger charge is -2.36. The highest BCUT2D eigenvalue weighted by Gasteiger charge is 2.41. The van der Waals surface area contributed by atoms with E-state index in [-0.39, 0.29) is 11.2 Å². The van der Waals surface area contributed by atoms with Gasteiger partial charge in [-0.15, -0.1) is 0 Å². The molecule has 0 spiro atoms. The molecule has 2 N–H and O–H groups in total. The molecule has 4 rings (SSSR count). The predicted octanol–water partition coefficient (Wildman–Crippen LogP) is 2.52. The van der Waals surface area contributed by atoms with Crippen molar-refractivity contribution in [2.24, 2.45) is 5.73 Å². The summed E-state index contributed by atoms with van der Waals surface area (Å²) in [6.07, 6.45) is 4.01. The Kier molecular flexibility index (Phi) is 3.01. The Morgan fingerprint density at radius 2 is 2.10 bits per heavy atom. The molecule has 1 saturated carbocycles. The van der Waals surface area contributed by atoms with Crippen molar-refractivity contribution in [1.82, 2.24) is 9.55 Å². The molecule has 5 heteroatoms. The quantitative estimate of drug-likeness (QED) is 0.944. The SMILES string of the molecule is NCC1(c2nc3c(F)cccc3n2C2CC2)CCOCC1. The van der Waals surface area contributed by atoms with E-state index >= 15 is 0 Å². The fraction of sp³-hybridized carbons (Fsp3) is 0.562. The Morgan fingerprint density at radius 3 is 2.76 bits per heavy atom. The molecule has 2 aromatic rings. The van der Waals surface area contributed by atoms with Crippen molar-refractivity contribution in [3.05, 3.63) is 29.8 Å². The number of rotatable bonds is 3. The first-order valence-corrected chi connectivity index (χ1v) is 7.70. The van der Waals surface area contributed by atoms with E-state index in [1.54, 1.807) is 6.07 Å². The summed E-state index contributed by atoms with van der Waals surface area (Å²) in [5.41, 5.74) is 7.34. The van der Waals surface area contributed by atoms with Crippen LogP contribution in [0.5, 0.6) is 0 Å². The third kappa shape index (κ3) is 1.99. The van der Waals surface area contributed by atoms with Gasteiger partial charge in [-0.1, -0.05) is 6.07 Å². The van der Waals surface area contributed by atoms with Crippen LogP contribution in [0.3, 0.4) is 0 Å². The van der Waals surface area contributed by atoms with Crippen molar-refractivity contribution in [1.29, 1.82) is 0 Å². The van der Waals surface area contributed by atoms with E-state index in [0.29, 0.717) is 31.3 Å². The number of para-hydroxylation sites is 1. The van der Waals surface area contributed by atoms with Crippen molar-refractivity contribution >= 4 is 11.0 Å². The van der Waals surface area contributed by atoms with Gasteiger partial charge in [0.15, 0.2) is 5.82 Å². The highest BCUT2D eigenvalue weighted by molar-refractivity contribution is 5.77. The van der Waals surface area contributed by atoms with E-state index in [9.17, 15) is 4.39 Å². The molecule has 1 aromatic heterocycles. The van der Waals surface area contributed by atoms with Crippen molar-refractivity contribution in [2.75, 3.05) is 19.8 Å². The number of nitrogens with two attached hydrogens (primary N) is 1. The number of hydrogen-bond acceptors (Lipinski definition) is 3. The highest BCUT2D eigenvalue weighted by Crippen LogP contribution is 2.44. The molecule has 1 aromatic carbocycles. The van der Waals surface area contributed by atoms with Gasteiger partial charge in [0.2, 0.25) is 0 Å². The van der Waals surface area contributed by atoms with Crippen LogP contribution in [0.2, 0.25) is 0 Å².